The van der Waals surface area contributed by atoms with Crippen molar-refractivity contribution in [2.24, 2.45) is 0 Å². The summed E-state index contributed by atoms with van der Waals surface area (Å²) in [5.74, 6) is 1.37. The van der Waals surface area contributed by atoms with E-state index in [9.17, 15) is 8.78 Å². The van der Waals surface area contributed by atoms with Crippen LogP contribution in [-0.2, 0) is 10.3 Å². The Bertz CT molecular complexity index is 495. The van der Waals surface area contributed by atoms with E-state index in [1.165, 1.54) is 5.01 Å². The first-order valence-electron chi connectivity index (χ1n) is 6.80. The molecule has 0 aliphatic carbocycles. The smallest absolute Gasteiger partial charge is 0.299 e. The first kappa shape index (κ1) is 18.2. The molecule has 1 aromatic carbocycles. The minimum Gasteiger partial charge on any atom is -0.299 e. The molecule has 0 radical (unpaired) electrons. The lowest BCUT2D eigenvalue weighted by Crippen LogP contribution is -2.52. The van der Waals surface area contributed by atoms with Gasteiger partial charge in [0.2, 0.25) is 0 Å². The summed E-state index contributed by atoms with van der Waals surface area (Å²) < 4.78 is 28.5. The average molecular weight is 371 g/mol. The molecule has 1 aromatic rings. The first-order chi connectivity index (χ1) is 10.3. The Morgan fingerprint density at radius 1 is 1.36 bits per heavy atom. The van der Waals surface area contributed by atoms with Crippen LogP contribution in [0.5, 0.6) is 0 Å². The van der Waals surface area contributed by atoms with Gasteiger partial charge in [-0.25, -0.2) is 10.4 Å². The zero-order chi connectivity index (χ0) is 16.4. The molecule has 124 valence electrons. The van der Waals surface area contributed by atoms with Gasteiger partial charge in [0.15, 0.2) is 10.6 Å². The highest BCUT2D eigenvalue weighted by atomic mass is 35.5. The van der Waals surface area contributed by atoms with Crippen molar-refractivity contribution in [3.8, 4) is 0 Å². The molecule has 0 saturated carbocycles. The number of hydrazine groups is 1. The second-order valence-electron chi connectivity index (χ2n) is 5.00. The Labute approximate surface area is 143 Å². The van der Waals surface area contributed by atoms with Crippen LogP contribution in [0.3, 0.4) is 0 Å². The fourth-order valence-corrected chi connectivity index (χ4v) is 4.57. The Morgan fingerprint density at radius 3 is 2.55 bits per heavy atom. The van der Waals surface area contributed by atoms with Crippen LogP contribution in [0.2, 0.25) is 0 Å². The zero-order valence-corrected chi connectivity index (χ0v) is 14.6. The second kappa shape index (κ2) is 7.20. The molecule has 8 heteroatoms. The maximum atomic E-state index is 12.7. The third-order valence-electron chi connectivity index (χ3n) is 3.62. The van der Waals surface area contributed by atoms with Crippen molar-refractivity contribution in [3.63, 3.8) is 0 Å². The van der Waals surface area contributed by atoms with Gasteiger partial charge in [0.1, 0.15) is 5.54 Å². The summed E-state index contributed by atoms with van der Waals surface area (Å²) in [6, 6.07) is 9.35. The van der Waals surface area contributed by atoms with Crippen LogP contribution in [-0.4, -0.2) is 40.7 Å². The number of hydrogen-bond acceptors (Lipinski definition) is 4. The van der Waals surface area contributed by atoms with Crippen molar-refractivity contribution in [2.75, 3.05) is 18.6 Å². The predicted octanol–water partition coefficient (Wildman–Crippen LogP) is 3.82. The van der Waals surface area contributed by atoms with E-state index in [2.05, 4.69) is 10.2 Å². The number of alkyl halides is 4. The van der Waals surface area contributed by atoms with Crippen LogP contribution in [0.25, 0.3) is 0 Å². The van der Waals surface area contributed by atoms with Crippen molar-refractivity contribution in [2.45, 2.75) is 29.6 Å². The van der Waals surface area contributed by atoms with E-state index >= 15 is 0 Å². The summed E-state index contributed by atoms with van der Waals surface area (Å²) in [7, 11) is 1.59. The summed E-state index contributed by atoms with van der Waals surface area (Å²) in [5.41, 5.74) is 3.06. The van der Waals surface area contributed by atoms with Gasteiger partial charge < -0.3 is 0 Å². The van der Waals surface area contributed by atoms with E-state index in [-0.39, 0.29) is 0 Å². The lowest BCUT2D eigenvalue weighted by molar-refractivity contribution is -0.197. The first-order valence-corrected chi connectivity index (χ1v) is 8.71. The molecule has 1 aliphatic rings. The molecule has 2 atom stereocenters. The Balaban J connectivity index is 2.45. The van der Waals surface area contributed by atoms with Crippen LogP contribution >= 0.6 is 35.0 Å². The molecule has 2 unspecified atom stereocenters. The monoisotopic (exact) mass is 370 g/mol. The highest BCUT2D eigenvalue weighted by molar-refractivity contribution is 7.99. The second-order valence-corrected chi connectivity index (χ2v) is 7.66. The number of rotatable bonds is 6. The average Bonchev–Trinajstić information content (AvgIpc) is 2.66. The number of halogens is 4. The molecule has 1 heterocycles. The summed E-state index contributed by atoms with van der Waals surface area (Å²) in [5, 5.41) is 1.41. The maximum absolute atomic E-state index is 12.7. The number of ether oxygens (including phenoxy) is 1. The quantitative estimate of drug-likeness (QED) is 0.769. The normalized spacial score (nSPS) is 28.4. The number of nitrogens with zero attached hydrogens (tertiary/aromatic N) is 1. The molecular weight excluding hydrogens is 353 g/mol. The molecule has 0 amide bonds. The van der Waals surface area contributed by atoms with Crippen molar-refractivity contribution >= 4 is 35.0 Å². The lowest BCUT2D eigenvalue weighted by Gasteiger charge is -2.38. The van der Waals surface area contributed by atoms with Gasteiger partial charge in [-0.05, 0) is 11.3 Å². The van der Waals surface area contributed by atoms with Gasteiger partial charge in [-0.2, -0.15) is 20.5 Å². The van der Waals surface area contributed by atoms with Crippen LogP contribution in [0, 0.1) is 0 Å². The van der Waals surface area contributed by atoms with E-state index in [1.54, 1.807) is 18.8 Å². The van der Waals surface area contributed by atoms with Crippen molar-refractivity contribution in [1.29, 1.82) is 0 Å². The fraction of sp³-hybridized carbons (Fsp3) is 0.571. The molecule has 3 nitrogen and oxygen atoms in total. The topological polar surface area (TPSA) is 24.5 Å². The van der Waals surface area contributed by atoms with Gasteiger partial charge in [0.05, 0.1) is 0 Å². The molecule has 1 aliphatic heterocycles. The Hall–Kier alpha value is -0.110. The molecule has 0 bridgehead atoms. The Morgan fingerprint density at radius 2 is 2.00 bits per heavy atom. The van der Waals surface area contributed by atoms with Crippen molar-refractivity contribution in [3.05, 3.63) is 35.9 Å². The minimum absolute atomic E-state index is 0.522. The van der Waals surface area contributed by atoms with Gasteiger partial charge in [-0.1, -0.05) is 60.5 Å². The molecule has 0 aromatic heterocycles. The summed E-state index contributed by atoms with van der Waals surface area (Å²) in [4.78, 5) is 0. The van der Waals surface area contributed by atoms with Gasteiger partial charge >= 0.3 is 6.61 Å². The van der Waals surface area contributed by atoms with Crippen LogP contribution in [0.15, 0.2) is 30.3 Å². The standard InChI is InChI=1S/C14H18Cl2F2N2OS/c1-3-22-9-13(10-7-5-4-6-8-10)14(15,16)11(20(2)19-13)21-12(17)18/h4-8,11-12,19H,3,9H2,1-2H3. The van der Waals surface area contributed by atoms with Gasteiger partial charge in [-0.3, -0.25) is 4.74 Å². The maximum Gasteiger partial charge on any atom is 0.346 e. The number of benzene rings is 1. The van der Waals surface area contributed by atoms with Crippen LogP contribution in [0.1, 0.15) is 12.5 Å². The zero-order valence-electron chi connectivity index (χ0n) is 12.2. The third-order valence-corrected chi connectivity index (χ3v) is 5.68. The number of nitrogens with one attached hydrogen (secondary N) is 1. The highest BCUT2D eigenvalue weighted by Gasteiger charge is 2.63. The SMILES string of the molecule is CCSCC1(c2ccccc2)NN(C)C(OC(F)F)C1(Cl)Cl. The Kier molecular flexibility index (Phi) is 5.96. The van der Waals surface area contributed by atoms with Gasteiger partial charge in [0.25, 0.3) is 0 Å². The van der Waals surface area contributed by atoms with Crippen LogP contribution < -0.4 is 5.43 Å². The largest absolute Gasteiger partial charge is 0.346 e. The van der Waals surface area contributed by atoms with E-state index in [1.807, 2.05) is 37.3 Å². The minimum atomic E-state index is -2.96. The van der Waals surface area contributed by atoms with E-state index in [0.717, 1.165) is 11.3 Å². The molecule has 1 fully saturated rings. The summed E-state index contributed by atoms with van der Waals surface area (Å²) in [6.07, 6.45) is -1.17. The highest BCUT2D eigenvalue weighted by Crippen LogP contribution is 2.51. The van der Waals surface area contributed by atoms with Crippen molar-refractivity contribution in [1.82, 2.24) is 10.4 Å². The van der Waals surface area contributed by atoms with Gasteiger partial charge in [0, 0.05) is 12.8 Å². The van der Waals surface area contributed by atoms with Crippen molar-refractivity contribution < 1.29 is 13.5 Å². The third kappa shape index (κ3) is 3.23. The van der Waals surface area contributed by atoms with Crippen LogP contribution in [0.4, 0.5) is 8.78 Å². The summed E-state index contributed by atoms with van der Waals surface area (Å²) in [6.45, 7) is -0.948. The predicted molar refractivity (Wildman–Crippen MR) is 87.3 cm³/mol. The molecule has 0 spiro atoms. The molecule has 22 heavy (non-hydrogen) atoms. The molecule has 2 rings (SSSR count). The van der Waals surface area contributed by atoms with Gasteiger partial charge in [-0.15, -0.1) is 0 Å². The fourth-order valence-electron chi connectivity index (χ4n) is 2.61. The molecule has 1 saturated heterocycles. The number of thioether (sulfide) groups is 1. The molecular formula is C14H18Cl2F2N2OS. The number of hydrogen-bond donors (Lipinski definition) is 1. The lowest BCUT2D eigenvalue weighted by atomic mass is 9.89. The summed E-state index contributed by atoms with van der Waals surface area (Å²) >= 11 is 14.7. The van der Waals surface area contributed by atoms with E-state index in [0.29, 0.717) is 5.75 Å². The van der Waals surface area contributed by atoms with E-state index in [4.69, 9.17) is 23.2 Å². The van der Waals surface area contributed by atoms with E-state index < -0.39 is 22.7 Å². The molecule has 1 N–H and O–H groups in total.